The number of alkyl halides is 3. The Morgan fingerprint density at radius 3 is 2.29 bits per heavy atom. The average molecular weight is 206 g/mol. The van der Waals surface area contributed by atoms with Crippen LogP contribution in [0.4, 0.5) is 13.2 Å². The summed E-state index contributed by atoms with van der Waals surface area (Å²) in [5.74, 6) is 0. The molecule has 0 atom stereocenters. The van der Waals surface area contributed by atoms with Gasteiger partial charge >= 0.3 is 6.18 Å². The van der Waals surface area contributed by atoms with Crippen LogP contribution in [-0.4, -0.2) is 9.78 Å². The third-order valence-corrected chi connectivity index (χ3v) is 1.95. The quantitative estimate of drug-likeness (QED) is 0.727. The Balaban J connectivity index is 3.13. The second-order valence-corrected chi connectivity index (χ2v) is 3.41. The zero-order chi connectivity index (χ0) is 10.9. The summed E-state index contributed by atoms with van der Waals surface area (Å²) in [5, 5.41) is 3.54. The normalized spacial score (nSPS) is 12.5. The summed E-state index contributed by atoms with van der Waals surface area (Å²) >= 11 is 0. The third-order valence-electron chi connectivity index (χ3n) is 1.95. The fourth-order valence-electron chi connectivity index (χ4n) is 1.28. The Hall–Kier alpha value is -1.00. The summed E-state index contributed by atoms with van der Waals surface area (Å²) in [5.41, 5.74) is -0.185. The van der Waals surface area contributed by atoms with Gasteiger partial charge in [0.05, 0.1) is 0 Å². The van der Waals surface area contributed by atoms with Crippen LogP contribution in [0.25, 0.3) is 0 Å². The lowest BCUT2D eigenvalue weighted by atomic mass is 10.3. The first-order valence-electron chi connectivity index (χ1n) is 4.52. The molecule has 0 unspecified atom stereocenters. The first kappa shape index (κ1) is 11.1. The number of halogens is 3. The van der Waals surface area contributed by atoms with E-state index in [-0.39, 0.29) is 6.04 Å². The fourth-order valence-corrected chi connectivity index (χ4v) is 1.28. The monoisotopic (exact) mass is 206 g/mol. The summed E-state index contributed by atoms with van der Waals surface area (Å²) in [6.07, 6.45) is -3.79. The predicted octanol–water partition coefficient (Wildman–Crippen LogP) is 3.05. The van der Waals surface area contributed by atoms with Gasteiger partial charge in [0.2, 0.25) is 0 Å². The summed E-state index contributed by atoms with van der Waals surface area (Å²) < 4.78 is 38.3. The van der Waals surface area contributed by atoms with Crippen molar-refractivity contribution in [1.82, 2.24) is 9.78 Å². The van der Waals surface area contributed by atoms with Gasteiger partial charge in [0.1, 0.15) is 0 Å². The van der Waals surface area contributed by atoms with Gasteiger partial charge < -0.3 is 0 Å². The highest BCUT2D eigenvalue weighted by atomic mass is 19.4. The molecule has 0 aliphatic rings. The number of aromatic nitrogens is 2. The lowest BCUT2D eigenvalue weighted by molar-refractivity contribution is -0.141. The molecule has 0 spiro atoms. The van der Waals surface area contributed by atoms with Crippen molar-refractivity contribution < 1.29 is 13.2 Å². The highest BCUT2D eigenvalue weighted by molar-refractivity contribution is 5.13. The van der Waals surface area contributed by atoms with Gasteiger partial charge in [-0.05, 0) is 26.3 Å². The predicted molar refractivity (Wildman–Crippen MR) is 47.0 cm³/mol. The molecule has 0 amide bonds. The van der Waals surface area contributed by atoms with E-state index in [4.69, 9.17) is 0 Å². The second-order valence-electron chi connectivity index (χ2n) is 3.41. The number of hydrogen-bond acceptors (Lipinski definition) is 1. The molecule has 14 heavy (non-hydrogen) atoms. The van der Waals surface area contributed by atoms with Crippen molar-refractivity contribution in [2.45, 2.75) is 39.4 Å². The molecule has 1 heterocycles. The van der Waals surface area contributed by atoms with Crippen LogP contribution in [0.1, 0.15) is 38.2 Å². The standard InChI is InChI=1S/C9H13F3N2/c1-4-7-5-8(9(10,11)12)13-14(7)6(2)3/h5-6H,4H2,1-3H3. The molecule has 80 valence electrons. The van der Waals surface area contributed by atoms with E-state index in [9.17, 15) is 13.2 Å². The lowest BCUT2D eigenvalue weighted by Crippen LogP contribution is -2.10. The Morgan fingerprint density at radius 2 is 2.00 bits per heavy atom. The van der Waals surface area contributed by atoms with Crippen LogP contribution < -0.4 is 0 Å². The number of rotatable bonds is 2. The van der Waals surface area contributed by atoms with Gasteiger partial charge in [-0.2, -0.15) is 18.3 Å². The topological polar surface area (TPSA) is 17.8 Å². The molecule has 0 fully saturated rings. The van der Waals surface area contributed by atoms with Crippen molar-refractivity contribution in [3.8, 4) is 0 Å². The van der Waals surface area contributed by atoms with Crippen LogP contribution in [0.2, 0.25) is 0 Å². The van der Waals surface area contributed by atoms with Gasteiger partial charge in [0, 0.05) is 11.7 Å². The molecule has 0 bridgehead atoms. The molecular weight excluding hydrogens is 193 g/mol. The van der Waals surface area contributed by atoms with Crippen LogP contribution in [0.5, 0.6) is 0 Å². The maximum atomic E-state index is 12.3. The molecule has 5 heteroatoms. The van der Waals surface area contributed by atoms with E-state index in [1.54, 1.807) is 0 Å². The molecule has 0 saturated carbocycles. The van der Waals surface area contributed by atoms with Gasteiger partial charge in [-0.15, -0.1) is 0 Å². The van der Waals surface area contributed by atoms with E-state index in [1.165, 1.54) is 4.68 Å². The van der Waals surface area contributed by atoms with Crippen LogP contribution in [0.15, 0.2) is 6.07 Å². The van der Waals surface area contributed by atoms with Crippen LogP contribution in [-0.2, 0) is 12.6 Å². The van der Waals surface area contributed by atoms with Crippen molar-refractivity contribution in [3.05, 3.63) is 17.5 Å². The SMILES string of the molecule is CCc1cc(C(F)(F)F)nn1C(C)C. The number of nitrogens with zero attached hydrogens (tertiary/aromatic N) is 2. The Morgan fingerprint density at radius 1 is 1.43 bits per heavy atom. The summed E-state index contributed by atoms with van der Waals surface area (Å²) in [6, 6.07) is 1.07. The Kier molecular flexibility index (Phi) is 2.87. The maximum Gasteiger partial charge on any atom is 0.435 e. The molecule has 1 aromatic rings. The van der Waals surface area contributed by atoms with Gasteiger partial charge in [-0.3, -0.25) is 4.68 Å². The minimum Gasteiger partial charge on any atom is -0.267 e. The van der Waals surface area contributed by atoms with Crippen molar-refractivity contribution in [3.63, 3.8) is 0 Å². The van der Waals surface area contributed by atoms with Gasteiger partial charge in [-0.25, -0.2) is 0 Å². The molecule has 0 saturated heterocycles. The van der Waals surface area contributed by atoms with Gasteiger partial charge in [-0.1, -0.05) is 6.92 Å². The van der Waals surface area contributed by atoms with Crippen LogP contribution >= 0.6 is 0 Å². The van der Waals surface area contributed by atoms with E-state index >= 15 is 0 Å². The maximum absolute atomic E-state index is 12.3. The van der Waals surface area contributed by atoms with Crippen molar-refractivity contribution in [1.29, 1.82) is 0 Å². The number of aryl methyl sites for hydroxylation is 1. The van der Waals surface area contributed by atoms with Crippen molar-refractivity contribution in [2.24, 2.45) is 0 Å². The summed E-state index contributed by atoms with van der Waals surface area (Å²) in [7, 11) is 0. The smallest absolute Gasteiger partial charge is 0.267 e. The van der Waals surface area contributed by atoms with Gasteiger partial charge in [0.15, 0.2) is 5.69 Å². The van der Waals surface area contributed by atoms with Crippen LogP contribution in [0.3, 0.4) is 0 Å². The lowest BCUT2D eigenvalue weighted by Gasteiger charge is -2.08. The molecule has 2 nitrogen and oxygen atoms in total. The zero-order valence-corrected chi connectivity index (χ0v) is 8.39. The van der Waals surface area contributed by atoms with E-state index in [2.05, 4.69) is 5.10 Å². The molecule has 0 aliphatic carbocycles. The van der Waals surface area contributed by atoms with Crippen molar-refractivity contribution in [2.75, 3.05) is 0 Å². The first-order valence-corrected chi connectivity index (χ1v) is 4.52. The van der Waals surface area contributed by atoms with Gasteiger partial charge in [0.25, 0.3) is 0 Å². The average Bonchev–Trinajstić information content (AvgIpc) is 2.45. The van der Waals surface area contributed by atoms with Crippen molar-refractivity contribution >= 4 is 0 Å². The molecule has 0 N–H and O–H groups in total. The molecular formula is C9H13F3N2. The van der Waals surface area contributed by atoms with E-state index in [0.29, 0.717) is 12.1 Å². The second kappa shape index (κ2) is 3.63. The number of hydrogen-bond donors (Lipinski definition) is 0. The Labute approximate surface area is 80.7 Å². The fraction of sp³-hybridized carbons (Fsp3) is 0.667. The highest BCUT2D eigenvalue weighted by Crippen LogP contribution is 2.29. The minimum absolute atomic E-state index is 0.0407. The van der Waals surface area contributed by atoms with E-state index in [0.717, 1.165) is 6.07 Å². The van der Waals surface area contributed by atoms with E-state index < -0.39 is 11.9 Å². The molecule has 0 radical (unpaired) electrons. The largest absolute Gasteiger partial charge is 0.435 e. The highest BCUT2D eigenvalue weighted by Gasteiger charge is 2.34. The minimum atomic E-state index is -4.34. The van der Waals surface area contributed by atoms with Crippen LogP contribution in [0, 0.1) is 0 Å². The van der Waals surface area contributed by atoms with E-state index in [1.807, 2.05) is 20.8 Å². The molecule has 0 aliphatic heterocycles. The summed E-state index contributed by atoms with van der Waals surface area (Å²) in [4.78, 5) is 0. The summed E-state index contributed by atoms with van der Waals surface area (Å²) in [6.45, 7) is 5.44. The first-order chi connectivity index (χ1) is 6.36. The third kappa shape index (κ3) is 2.08. The molecule has 1 rings (SSSR count). The zero-order valence-electron chi connectivity index (χ0n) is 8.39. The Bertz CT molecular complexity index is 312. The molecule has 1 aromatic heterocycles. The molecule has 0 aromatic carbocycles.